The van der Waals surface area contributed by atoms with Crippen molar-refractivity contribution in [3.63, 3.8) is 0 Å². The smallest absolute Gasteiger partial charge is 0.250 e. The molecule has 162 valence electrons. The zero-order valence-corrected chi connectivity index (χ0v) is 19.9. The fourth-order valence-corrected chi connectivity index (χ4v) is 4.62. The lowest BCUT2D eigenvalue weighted by atomic mass is 10.0. The molecule has 2 atom stereocenters. The normalized spacial score (nSPS) is 16.9. The largest absolute Gasteiger partial charge is 0.310 e. The molecule has 1 aliphatic rings. The Morgan fingerprint density at radius 2 is 1.67 bits per heavy atom. The Bertz CT molecular complexity index is 945. The Morgan fingerprint density at radius 1 is 1.07 bits per heavy atom. The monoisotopic (exact) mass is 409 g/mol. The minimum Gasteiger partial charge on any atom is -0.310 e. The van der Waals surface area contributed by atoms with Crippen LogP contribution in [0.25, 0.3) is 0 Å². The molecule has 0 radical (unpaired) electrons. The molecule has 2 unspecified atom stereocenters. The summed E-state index contributed by atoms with van der Waals surface area (Å²) < 4.78 is 0. The number of carbonyl (C=O) groups excluding carboxylic acids is 1. The molecule has 0 bridgehead atoms. The number of benzene rings is 1. The summed E-state index contributed by atoms with van der Waals surface area (Å²) >= 11 is 0. The molecule has 1 aromatic heterocycles. The van der Waals surface area contributed by atoms with Crippen molar-refractivity contribution in [2.75, 3.05) is 30.4 Å². The van der Waals surface area contributed by atoms with Crippen LogP contribution in [0.15, 0.2) is 12.1 Å². The number of hydrogen-bond donors (Lipinski definition) is 0. The van der Waals surface area contributed by atoms with Gasteiger partial charge in [-0.25, -0.2) is 4.98 Å². The zero-order valence-electron chi connectivity index (χ0n) is 19.9. The van der Waals surface area contributed by atoms with Crippen molar-refractivity contribution in [2.24, 2.45) is 0 Å². The number of nitrogens with zero attached hydrogens (tertiary/aromatic N) is 5. The molecule has 0 spiro atoms. The fourth-order valence-electron chi connectivity index (χ4n) is 4.62. The van der Waals surface area contributed by atoms with Crippen LogP contribution < -0.4 is 9.80 Å². The van der Waals surface area contributed by atoms with Crippen molar-refractivity contribution < 1.29 is 4.79 Å². The van der Waals surface area contributed by atoms with Crippen LogP contribution in [0, 0.1) is 27.7 Å². The SMILES string of the molecule is CCC(C)N1C(=O)C(N(C)C)c2c(C)nc(N(CC)c3c(C)cc(C)cc3C)nc21. The second-order valence-corrected chi connectivity index (χ2v) is 8.67. The molecule has 1 amide bonds. The van der Waals surface area contributed by atoms with Crippen LogP contribution in [-0.4, -0.2) is 47.5 Å². The van der Waals surface area contributed by atoms with E-state index in [1.807, 2.05) is 30.8 Å². The molecule has 3 rings (SSSR count). The summed E-state index contributed by atoms with van der Waals surface area (Å²) in [5.74, 6) is 1.50. The molecule has 1 aromatic carbocycles. The van der Waals surface area contributed by atoms with Gasteiger partial charge >= 0.3 is 0 Å². The number of anilines is 3. The predicted octanol–water partition coefficient (Wildman–Crippen LogP) is 4.62. The third-order valence-corrected chi connectivity index (χ3v) is 6.09. The molecule has 0 N–H and O–H groups in total. The lowest BCUT2D eigenvalue weighted by Crippen LogP contribution is -2.39. The van der Waals surface area contributed by atoms with E-state index < -0.39 is 0 Å². The van der Waals surface area contributed by atoms with E-state index in [0.717, 1.165) is 35.7 Å². The summed E-state index contributed by atoms with van der Waals surface area (Å²) in [4.78, 5) is 29.2. The Hall–Kier alpha value is -2.47. The number of fused-ring (bicyclic) bond motifs is 1. The predicted molar refractivity (Wildman–Crippen MR) is 124 cm³/mol. The molecule has 0 aliphatic carbocycles. The fraction of sp³-hybridized carbons (Fsp3) is 0.542. The highest BCUT2D eigenvalue weighted by Gasteiger charge is 2.43. The average Bonchev–Trinajstić information content (AvgIpc) is 2.96. The van der Waals surface area contributed by atoms with Crippen LogP contribution in [0.2, 0.25) is 0 Å². The van der Waals surface area contributed by atoms with Crippen LogP contribution in [0.1, 0.15) is 61.2 Å². The number of likely N-dealkylation sites (N-methyl/N-ethyl adjacent to an activating group) is 1. The molecule has 6 heteroatoms. The van der Waals surface area contributed by atoms with E-state index >= 15 is 0 Å². The number of carbonyl (C=O) groups is 1. The van der Waals surface area contributed by atoms with Gasteiger partial charge in [0, 0.05) is 23.8 Å². The molecule has 2 aromatic rings. The van der Waals surface area contributed by atoms with E-state index in [1.165, 1.54) is 16.7 Å². The molecule has 2 heterocycles. The Balaban J connectivity index is 2.21. The third kappa shape index (κ3) is 3.58. The highest BCUT2D eigenvalue weighted by atomic mass is 16.2. The molecule has 6 nitrogen and oxygen atoms in total. The maximum atomic E-state index is 13.3. The first kappa shape index (κ1) is 22.2. The minimum atomic E-state index is -0.332. The zero-order chi connectivity index (χ0) is 22.3. The van der Waals surface area contributed by atoms with E-state index in [2.05, 4.69) is 58.6 Å². The van der Waals surface area contributed by atoms with Gasteiger partial charge in [-0.05, 0) is 73.2 Å². The second kappa shape index (κ2) is 8.34. The van der Waals surface area contributed by atoms with E-state index in [0.29, 0.717) is 5.95 Å². The van der Waals surface area contributed by atoms with Crippen molar-refractivity contribution in [3.05, 3.63) is 40.1 Å². The van der Waals surface area contributed by atoms with Crippen LogP contribution in [0.3, 0.4) is 0 Å². The van der Waals surface area contributed by atoms with Gasteiger partial charge in [-0.15, -0.1) is 0 Å². The molecule has 1 aliphatic heterocycles. The Labute approximate surface area is 180 Å². The van der Waals surface area contributed by atoms with Crippen LogP contribution in [-0.2, 0) is 4.79 Å². The number of aryl methyl sites for hydroxylation is 4. The van der Waals surface area contributed by atoms with E-state index in [9.17, 15) is 4.79 Å². The van der Waals surface area contributed by atoms with E-state index in [-0.39, 0.29) is 18.0 Å². The summed E-state index contributed by atoms with van der Waals surface area (Å²) in [6.07, 6.45) is 0.872. The Morgan fingerprint density at radius 3 is 2.17 bits per heavy atom. The number of aromatic nitrogens is 2. The first-order valence-electron chi connectivity index (χ1n) is 10.9. The van der Waals surface area contributed by atoms with Crippen LogP contribution in [0.4, 0.5) is 17.5 Å². The maximum Gasteiger partial charge on any atom is 0.250 e. The first-order chi connectivity index (χ1) is 14.1. The second-order valence-electron chi connectivity index (χ2n) is 8.67. The van der Waals surface area contributed by atoms with Gasteiger partial charge in [-0.1, -0.05) is 24.6 Å². The quantitative estimate of drug-likeness (QED) is 0.697. The summed E-state index contributed by atoms with van der Waals surface area (Å²) in [6, 6.07) is 4.15. The van der Waals surface area contributed by atoms with Crippen molar-refractivity contribution in [3.8, 4) is 0 Å². The summed E-state index contributed by atoms with van der Waals surface area (Å²) in [5.41, 5.74) is 6.61. The minimum absolute atomic E-state index is 0.0845. The molecule has 0 saturated carbocycles. The topological polar surface area (TPSA) is 52.6 Å². The van der Waals surface area contributed by atoms with Gasteiger partial charge in [-0.2, -0.15) is 4.98 Å². The molecular formula is C24H35N5O. The average molecular weight is 410 g/mol. The highest BCUT2D eigenvalue weighted by molar-refractivity contribution is 6.04. The van der Waals surface area contributed by atoms with E-state index in [1.54, 1.807) is 0 Å². The molecule has 30 heavy (non-hydrogen) atoms. The van der Waals surface area contributed by atoms with Crippen LogP contribution in [0.5, 0.6) is 0 Å². The van der Waals surface area contributed by atoms with Gasteiger partial charge in [0.05, 0.1) is 5.69 Å². The van der Waals surface area contributed by atoms with Gasteiger partial charge in [0.1, 0.15) is 11.9 Å². The van der Waals surface area contributed by atoms with Crippen molar-refractivity contribution >= 4 is 23.4 Å². The lowest BCUT2D eigenvalue weighted by molar-refractivity contribution is -0.122. The maximum absolute atomic E-state index is 13.3. The molecular weight excluding hydrogens is 374 g/mol. The highest BCUT2D eigenvalue weighted by Crippen LogP contribution is 2.42. The third-order valence-electron chi connectivity index (χ3n) is 6.09. The van der Waals surface area contributed by atoms with Gasteiger partial charge in [0.25, 0.3) is 5.91 Å². The van der Waals surface area contributed by atoms with Crippen molar-refractivity contribution in [1.82, 2.24) is 14.9 Å². The van der Waals surface area contributed by atoms with Crippen molar-refractivity contribution in [2.45, 2.75) is 67.0 Å². The number of amides is 1. The molecule has 0 fully saturated rings. The van der Waals surface area contributed by atoms with Gasteiger partial charge in [0.15, 0.2) is 0 Å². The summed E-state index contributed by atoms with van der Waals surface area (Å²) in [6.45, 7) is 15.4. The first-order valence-corrected chi connectivity index (χ1v) is 10.9. The molecule has 0 saturated heterocycles. The van der Waals surface area contributed by atoms with Crippen molar-refractivity contribution in [1.29, 1.82) is 0 Å². The number of hydrogen-bond acceptors (Lipinski definition) is 5. The summed E-state index contributed by atoms with van der Waals surface area (Å²) in [7, 11) is 3.88. The van der Waals surface area contributed by atoms with E-state index in [4.69, 9.17) is 9.97 Å². The van der Waals surface area contributed by atoms with Crippen LogP contribution >= 0.6 is 0 Å². The van der Waals surface area contributed by atoms with Gasteiger partial charge in [0.2, 0.25) is 5.95 Å². The standard InChI is InChI=1S/C24H35N5O/c1-10-17(6)29-22-19(21(23(29)30)27(8)9)18(7)25-24(26-22)28(11-2)20-15(4)12-14(3)13-16(20)5/h12-13,17,21H,10-11H2,1-9H3. The van der Waals surface area contributed by atoms with Gasteiger partial charge < -0.3 is 4.90 Å². The lowest BCUT2D eigenvalue weighted by Gasteiger charge is -2.28. The summed E-state index contributed by atoms with van der Waals surface area (Å²) in [5, 5.41) is 0. The Kier molecular flexibility index (Phi) is 6.18. The number of rotatable bonds is 6. The van der Waals surface area contributed by atoms with Gasteiger partial charge in [-0.3, -0.25) is 14.6 Å².